The second kappa shape index (κ2) is 13.1. The van der Waals surface area contributed by atoms with Crippen LogP contribution in [0.25, 0.3) is 10.9 Å². The van der Waals surface area contributed by atoms with Gasteiger partial charge in [-0.05, 0) is 67.7 Å². The van der Waals surface area contributed by atoms with Crippen LogP contribution in [0.5, 0.6) is 0 Å². The normalized spacial score (nSPS) is 15.3. The van der Waals surface area contributed by atoms with Crippen molar-refractivity contribution in [2.45, 2.75) is 44.2 Å². The number of para-hydroxylation sites is 1. The van der Waals surface area contributed by atoms with Gasteiger partial charge in [-0.1, -0.05) is 61.5 Å². The molecule has 0 saturated carbocycles. The van der Waals surface area contributed by atoms with Gasteiger partial charge in [-0.25, -0.2) is 4.79 Å². The number of aromatic nitrogens is 1. The second-order valence-electron chi connectivity index (χ2n) is 11.6. The fraction of sp³-hybridized carbons (Fsp3) is 0.324. The van der Waals surface area contributed by atoms with E-state index < -0.39 is 17.9 Å². The number of hydrogen-bond acceptors (Lipinski definition) is 4. The smallest absolute Gasteiger partial charge is 0.318 e. The number of aromatic amines is 1. The van der Waals surface area contributed by atoms with Crippen molar-refractivity contribution in [1.29, 1.82) is 0 Å². The van der Waals surface area contributed by atoms with Gasteiger partial charge < -0.3 is 31.2 Å². The van der Waals surface area contributed by atoms with Crippen LogP contribution in [0, 0.1) is 0 Å². The molecule has 4 amide bonds. The van der Waals surface area contributed by atoms with E-state index >= 15 is 0 Å². The van der Waals surface area contributed by atoms with E-state index in [-0.39, 0.29) is 17.5 Å². The minimum absolute atomic E-state index is 0.212. The van der Waals surface area contributed by atoms with Gasteiger partial charge >= 0.3 is 6.03 Å². The summed E-state index contributed by atoms with van der Waals surface area (Å²) in [4.78, 5) is 47.0. The number of rotatable bonds is 9. The molecule has 0 spiro atoms. The van der Waals surface area contributed by atoms with Crippen molar-refractivity contribution in [3.05, 3.63) is 101 Å². The van der Waals surface area contributed by atoms with Crippen LogP contribution in [0.15, 0.2) is 79.0 Å². The highest BCUT2D eigenvalue weighted by Gasteiger charge is 2.33. The Morgan fingerprint density at radius 1 is 1.00 bits per heavy atom. The maximum Gasteiger partial charge on any atom is 0.318 e. The molecule has 5 N–H and O–H groups in total. The standard InChI is InChI=1S/C34H40N6O3/c1-22(28-20-36-29-12-8-7-11-26(28)29)31(33(42)37-30-19-23(21-39(2)3)13-14-27(30)32(35)41)38-34(43)40-17-15-25(16-18-40)24-9-5-4-6-10-24/h4-14,19-20,22,25,31,36H,15-18,21H2,1-3H3,(H2,35,41)(H,37,42)(H,38,43)/t22-,31+/m0/s1. The number of carbonyl (C=O) groups excluding carboxylic acids is 3. The molecule has 224 valence electrons. The molecule has 2 heterocycles. The maximum absolute atomic E-state index is 14.0. The number of benzene rings is 3. The van der Waals surface area contributed by atoms with Gasteiger partial charge in [-0.15, -0.1) is 0 Å². The summed E-state index contributed by atoms with van der Waals surface area (Å²) in [5.41, 5.74) is 10.3. The molecule has 4 aromatic rings. The number of amides is 4. The molecule has 0 radical (unpaired) electrons. The Morgan fingerprint density at radius 2 is 1.70 bits per heavy atom. The van der Waals surface area contributed by atoms with E-state index in [0.29, 0.717) is 31.2 Å². The molecule has 0 bridgehead atoms. The Bertz CT molecular complexity index is 1590. The monoisotopic (exact) mass is 580 g/mol. The van der Waals surface area contributed by atoms with Gasteiger partial charge in [0.1, 0.15) is 6.04 Å². The summed E-state index contributed by atoms with van der Waals surface area (Å²) in [6.45, 7) is 3.74. The summed E-state index contributed by atoms with van der Waals surface area (Å²) in [6, 6.07) is 22.3. The van der Waals surface area contributed by atoms with Gasteiger partial charge in [-0.3, -0.25) is 9.59 Å². The lowest BCUT2D eigenvalue weighted by Crippen LogP contribution is -2.53. The summed E-state index contributed by atoms with van der Waals surface area (Å²) in [7, 11) is 3.88. The molecule has 1 aliphatic rings. The molecular weight excluding hydrogens is 540 g/mol. The van der Waals surface area contributed by atoms with Crippen LogP contribution in [0.3, 0.4) is 0 Å². The summed E-state index contributed by atoms with van der Waals surface area (Å²) >= 11 is 0. The van der Waals surface area contributed by atoms with Gasteiger partial charge in [-0.2, -0.15) is 0 Å². The van der Waals surface area contributed by atoms with Gasteiger partial charge in [0.25, 0.3) is 5.91 Å². The molecule has 0 aliphatic carbocycles. The van der Waals surface area contributed by atoms with Crippen molar-refractivity contribution >= 4 is 34.4 Å². The highest BCUT2D eigenvalue weighted by molar-refractivity contribution is 6.05. The van der Waals surface area contributed by atoms with Crippen molar-refractivity contribution in [1.82, 2.24) is 20.1 Å². The number of primary amides is 1. The Morgan fingerprint density at radius 3 is 2.40 bits per heavy atom. The van der Waals surface area contributed by atoms with Crippen LogP contribution in [0.1, 0.15) is 58.6 Å². The van der Waals surface area contributed by atoms with Crippen LogP contribution >= 0.6 is 0 Å². The minimum atomic E-state index is -0.920. The maximum atomic E-state index is 14.0. The minimum Gasteiger partial charge on any atom is -0.366 e. The number of nitrogens with zero attached hydrogens (tertiary/aromatic N) is 2. The quantitative estimate of drug-likeness (QED) is 0.222. The van der Waals surface area contributed by atoms with E-state index in [1.54, 1.807) is 17.0 Å². The van der Waals surface area contributed by atoms with Gasteiger partial charge in [0, 0.05) is 42.7 Å². The SMILES string of the molecule is C[C@@H](c1c[nH]c2ccccc12)[C@@H](NC(=O)N1CCC(c2ccccc2)CC1)C(=O)Nc1cc(CN(C)C)ccc1C(N)=O. The molecule has 43 heavy (non-hydrogen) atoms. The first-order valence-corrected chi connectivity index (χ1v) is 14.8. The molecule has 1 fully saturated rings. The van der Waals surface area contributed by atoms with Gasteiger partial charge in [0.05, 0.1) is 11.3 Å². The summed E-state index contributed by atoms with van der Waals surface area (Å²) in [5.74, 6) is -1.05. The fourth-order valence-electron chi connectivity index (χ4n) is 6.02. The van der Waals surface area contributed by atoms with Gasteiger partial charge in [0.2, 0.25) is 5.91 Å². The summed E-state index contributed by atoms with van der Waals surface area (Å²) in [5, 5.41) is 6.96. The van der Waals surface area contributed by atoms with Crippen molar-refractivity contribution in [2.75, 3.05) is 32.5 Å². The average Bonchev–Trinajstić information content (AvgIpc) is 3.44. The molecule has 5 rings (SSSR count). The zero-order chi connectivity index (χ0) is 30.5. The number of hydrogen-bond donors (Lipinski definition) is 4. The highest BCUT2D eigenvalue weighted by Crippen LogP contribution is 2.31. The second-order valence-corrected chi connectivity index (χ2v) is 11.6. The van der Waals surface area contributed by atoms with E-state index in [2.05, 4.69) is 27.8 Å². The Labute approximate surface area is 252 Å². The van der Waals surface area contributed by atoms with E-state index in [0.717, 1.165) is 34.9 Å². The highest BCUT2D eigenvalue weighted by atomic mass is 16.2. The number of urea groups is 1. The average molecular weight is 581 g/mol. The number of likely N-dealkylation sites (tertiary alicyclic amines) is 1. The molecule has 9 nitrogen and oxygen atoms in total. The van der Waals surface area contributed by atoms with Crippen molar-refractivity contribution < 1.29 is 14.4 Å². The van der Waals surface area contributed by atoms with Crippen LogP contribution in [0.4, 0.5) is 10.5 Å². The van der Waals surface area contributed by atoms with E-state index in [4.69, 9.17) is 5.73 Å². The number of nitrogens with one attached hydrogen (secondary N) is 3. The predicted molar refractivity (Wildman–Crippen MR) is 170 cm³/mol. The van der Waals surface area contributed by atoms with Crippen LogP contribution in [0.2, 0.25) is 0 Å². The predicted octanol–water partition coefficient (Wildman–Crippen LogP) is 5.03. The first kappa shape index (κ1) is 29.8. The number of anilines is 1. The number of H-pyrrole nitrogens is 1. The Hall–Kier alpha value is -4.63. The Kier molecular flexibility index (Phi) is 9.11. The first-order chi connectivity index (χ1) is 20.7. The molecule has 2 atom stereocenters. The molecule has 0 unspecified atom stereocenters. The summed E-state index contributed by atoms with van der Waals surface area (Å²) in [6.07, 6.45) is 3.60. The van der Waals surface area contributed by atoms with Crippen molar-refractivity contribution in [2.24, 2.45) is 5.73 Å². The van der Waals surface area contributed by atoms with Crippen LogP contribution in [-0.4, -0.2) is 65.9 Å². The lowest BCUT2D eigenvalue weighted by molar-refractivity contribution is -0.118. The first-order valence-electron chi connectivity index (χ1n) is 14.8. The summed E-state index contributed by atoms with van der Waals surface area (Å²) < 4.78 is 0. The molecule has 1 aliphatic heterocycles. The zero-order valence-corrected chi connectivity index (χ0v) is 25.0. The molecule has 3 aromatic carbocycles. The molecular formula is C34H40N6O3. The number of fused-ring (bicyclic) bond motifs is 1. The molecule has 1 saturated heterocycles. The van der Waals surface area contributed by atoms with E-state index in [1.807, 2.05) is 80.6 Å². The number of piperidine rings is 1. The zero-order valence-electron chi connectivity index (χ0n) is 25.0. The molecule has 9 heteroatoms. The third-order valence-electron chi connectivity index (χ3n) is 8.33. The largest absolute Gasteiger partial charge is 0.366 e. The third kappa shape index (κ3) is 6.89. The fourth-order valence-corrected chi connectivity index (χ4v) is 6.02. The van der Waals surface area contributed by atoms with Crippen molar-refractivity contribution in [3.8, 4) is 0 Å². The van der Waals surface area contributed by atoms with E-state index in [9.17, 15) is 14.4 Å². The lowest BCUT2D eigenvalue weighted by Gasteiger charge is -2.34. The van der Waals surface area contributed by atoms with Crippen LogP contribution in [-0.2, 0) is 11.3 Å². The lowest BCUT2D eigenvalue weighted by atomic mass is 9.89. The number of nitrogens with two attached hydrogens (primary N) is 1. The van der Waals surface area contributed by atoms with Crippen molar-refractivity contribution in [3.63, 3.8) is 0 Å². The van der Waals surface area contributed by atoms with E-state index in [1.165, 1.54) is 5.56 Å². The Balaban J connectivity index is 1.39. The topological polar surface area (TPSA) is 124 Å². The number of carbonyl (C=O) groups is 3. The molecule has 1 aromatic heterocycles. The third-order valence-corrected chi connectivity index (χ3v) is 8.33. The van der Waals surface area contributed by atoms with Crippen LogP contribution < -0.4 is 16.4 Å². The van der Waals surface area contributed by atoms with Gasteiger partial charge in [0.15, 0.2) is 0 Å².